The van der Waals surface area contributed by atoms with Crippen LogP contribution in [-0.2, 0) is 15.9 Å². The topological polar surface area (TPSA) is 35.5 Å². The number of carbonyl (C=O) groups excluding carboxylic acids is 1. The summed E-state index contributed by atoms with van der Waals surface area (Å²) in [4.78, 5) is 11.7. The zero-order valence-electron chi connectivity index (χ0n) is 12.0. The molecule has 0 aliphatic rings. The van der Waals surface area contributed by atoms with Crippen LogP contribution in [0.15, 0.2) is 24.3 Å². The second-order valence-corrected chi connectivity index (χ2v) is 4.55. The van der Waals surface area contributed by atoms with E-state index >= 15 is 0 Å². The van der Waals surface area contributed by atoms with Gasteiger partial charge in [-0.2, -0.15) is 0 Å². The molecule has 0 spiro atoms. The molecule has 0 bridgehead atoms. The number of hydrogen-bond donors (Lipinski definition) is 0. The Morgan fingerprint density at radius 1 is 1.00 bits per heavy atom. The highest BCUT2D eigenvalue weighted by Crippen LogP contribution is 2.09. The Bertz CT molecular complexity index is 357. The van der Waals surface area contributed by atoms with Crippen LogP contribution in [0.4, 0.5) is 0 Å². The van der Waals surface area contributed by atoms with Gasteiger partial charge in [-0.3, -0.25) is 0 Å². The Morgan fingerprint density at radius 3 is 2.37 bits per heavy atom. The standard InChI is InChI=1S/C16H24O3/c1-3-5-6-14-7-9-15(10-8-14)16(17)19-13-12-18-11-4-2/h7-10H,3-6,11-13H2,1-2H3. The molecule has 0 amide bonds. The van der Waals surface area contributed by atoms with Crippen molar-refractivity contribution in [3.8, 4) is 0 Å². The zero-order chi connectivity index (χ0) is 13.9. The lowest BCUT2D eigenvalue weighted by Crippen LogP contribution is -2.11. The van der Waals surface area contributed by atoms with E-state index in [2.05, 4.69) is 6.92 Å². The average molecular weight is 264 g/mol. The smallest absolute Gasteiger partial charge is 0.338 e. The molecule has 3 nitrogen and oxygen atoms in total. The van der Waals surface area contributed by atoms with Gasteiger partial charge >= 0.3 is 5.97 Å². The van der Waals surface area contributed by atoms with Crippen LogP contribution in [0.2, 0.25) is 0 Å². The maximum absolute atomic E-state index is 11.7. The molecule has 1 aromatic rings. The largest absolute Gasteiger partial charge is 0.460 e. The Hall–Kier alpha value is -1.35. The van der Waals surface area contributed by atoms with E-state index in [4.69, 9.17) is 9.47 Å². The van der Waals surface area contributed by atoms with Crippen molar-refractivity contribution in [3.63, 3.8) is 0 Å². The number of carbonyl (C=O) groups is 1. The van der Waals surface area contributed by atoms with E-state index < -0.39 is 0 Å². The van der Waals surface area contributed by atoms with Crippen LogP contribution in [0, 0.1) is 0 Å². The van der Waals surface area contributed by atoms with Crippen molar-refractivity contribution in [2.45, 2.75) is 39.5 Å². The Balaban J connectivity index is 2.32. The lowest BCUT2D eigenvalue weighted by Gasteiger charge is -2.06. The van der Waals surface area contributed by atoms with E-state index in [9.17, 15) is 4.79 Å². The van der Waals surface area contributed by atoms with Gasteiger partial charge in [0.1, 0.15) is 6.61 Å². The van der Waals surface area contributed by atoms with Gasteiger partial charge in [-0.15, -0.1) is 0 Å². The highest BCUT2D eigenvalue weighted by molar-refractivity contribution is 5.89. The summed E-state index contributed by atoms with van der Waals surface area (Å²) in [6, 6.07) is 7.67. The van der Waals surface area contributed by atoms with Crippen LogP contribution >= 0.6 is 0 Å². The molecule has 0 saturated carbocycles. The summed E-state index contributed by atoms with van der Waals surface area (Å²) in [7, 11) is 0. The third-order valence-electron chi connectivity index (χ3n) is 2.82. The van der Waals surface area contributed by atoms with E-state index in [1.165, 1.54) is 18.4 Å². The number of hydrogen-bond acceptors (Lipinski definition) is 3. The summed E-state index contributed by atoms with van der Waals surface area (Å²) in [5.74, 6) is -0.276. The first kappa shape index (κ1) is 15.7. The zero-order valence-corrected chi connectivity index (χ0v) is 12.0. The van der Waals surface area contributed by atoms with Gasteiger partial charge in [0.2, 0.25) is 0 Å². The number of benzene rings is 1. The number of esters is 1. The molecule has 0 aliphatic heterocycles. The van der Waals surface area contributed by atoms with E-state index in [0.29, 0.717) is 25.4 Å². The van der Waals surface area contributed by atoms with Gasteiger partial charge in [-0.1, -0.05) is 32.4 Å². The maximum Gasteiger partial charge on any atom is 0.338 e. The van der Waals surface area contributed by atoms with Crippen LogP contribution in [-0.4, -0.2) is 25.8 Å². The van der Waals surface area contributed by atoms with Gasteiger partial charge in [-0.25, -0.2) is 4.79 Å². The SMILES string of the molecule is CCCCc1ccc(C(=O)OCCOCCC)cc1. The fourth-order valence-electron chi connectivity index (χ4n) is 1.71. The molecule has 0 N–H and O–H groups in total. The number of rotatable bonds is 9. The average Bonchev–Trinajstić information content (AvgIpc) is 2.45. The highest BCUT2D eigenvalue weighted by atomic mass is 16.6. The van der Waals surface area contributed by atoms with Gasteiger partial charge in [0.05, 0.1) is 12.2 Å². The molecule has 106 valence electrons. The number of aryl methyl sites for hydroxylation is 1. The molecule has 0 aliphatic carbocycles. The fourth-order valence-corrected chi connectivity index (χ4v) is 1.71. The minimum Gasteiger partial charge on any atom is -0.460 e. The minimum atomic E-state index is -0.276. The van der Waals surface area contributed by atoms with Gasteiger partial charge in [0, 0.05) is 6.61 Å². The van der Waals surface area contributed by atoms with E-state index in [1.807, 2.05) is 31.2 Å². The van der Waals surface area contributed by atoms with Gasteiger partial charge < -0.3 is 9.47 Å². The summed E-state index contributed by atoms with van der Waals surface area (Å²) in [6.07, 6.45) is 4.41. The van der Waals surface area contributed by atoms with Crippen molar-refractivity contribution >= 4 is 5.97 Å². The predicted octanol–water partition coefficient (Wildman–Crippen LogP) is 3.61. The second-order valence-electron chi connectivity index (χ2n) is 4.55. The fraction of sp³-hybridized carbons (Fsp3) is 0.562. The molecule has 0 heterocycles. The molecule has 0 aromatic heterocycles. The van der Waals surface area contributed by atoms with E-state index in [0.717, 1.165) is 12.8 Å². The molecule has 0 radical (unpaired) electrons. The third-order valence-corrected chi connectivity index (χ3v) is 2.82. The van der Waals surface area contributed by atoms with Crippen molar-refractivity contribution in [3.05, 3.63) is 35.4 Å². The monoisotopic (exact) mass is 264 g/mol. The lowest BCUT2D eigenvalue weighted by atomic mass is 10.1. The molecule has 0 fully saturated rings. The first-order valence-corrected chi connectivity index (χ1v) is 7.11. The molecule has 1 aromatic carbocycles. The van der Waals surface area contributed by atoms with Crippen molar-refractivity contribution in [1.29, 1.82) is 0 Å². The van der Waals surface area contributed by atoms with E-state index in [1.54, 1.807) is 0 Å². The summed E-state index contributed by atoms with van der Waals surface area (Å²) < 4.78 is 10.4. The van der Waals surface area contributed by atoms with Gasteiger partial charge in [-0.05, 0) is 37.0 Å². The first-order chi connectivity index (χ1) is 9.27. The molecule has 1 rings (SSSR count). The molecule has 0 atom stereocenters. The number of ether oxygens (including phenoxy) is 2. The second kappa shape index (κ2) is 9.56. The summed E-state index contributed by atoms with van der Waals surface area (Å²) in [6.45, 7) is 5.71. The van der Waals surface area contributed by atoms with Crippen LogP contribution in [0.5, 0.6) is 0 Å². The van der Waals surface area contributed by atoms with Crippen molar-refractivity contribution < 1.29 is 14.3 Å². The minimum absolute atomic E-state index is 0.276. The van der Waals surface area contributed by atoms with Crippen LogP contribution in [0.3, 0.4) is 0 Å². The molecular formula is C16H24O3. The molecule has 0 saturated heterocycles. The highest BCUT2D eigenvalue weighted by Gasteiger charge is 2.06. The number of unbranched alkanes of at least 4 members (excludes halogenated alkanes) is 1. The molecule has 0 unspecified atom stereocenters. The maximum atomic E-state index is 11.7. The molecule has 19 heavy (non-hydrogen) atoms. The Morgan fingerprint density at radius 2 is 1.74 bits per heavy atom. The van der Waals surface area contributed by atoms with Crippen LogP contribution in [0.25, 0.3) is 0 Å². The quantitative estimate of drug-likeness (QED) is 0.505. The summed E-state index contributed by atoms with van der Waals surface area (Å²) in [5.41, 5.74) is 1.88. The predicted molar refractivity (Wildman–Crippen MR) is 76.4 cm³/mol. The van der Waals surface area contributed by atoms with Crippen molar-refractivity contribution in [2.24, 2.45) is 0 Å². The normalized spacial score (nSPS) is 10.4. The van der Waals surface area contributed by atoms with Gasteiger partial charge in [0.25, 0.3) is 0 Å². The molecular weight excluding hydrogens is 240 g/mol. The van der Waals surface area contributed by atoms with Gasteiger partial charge in [0.15, 0.2) is 0 Å². The third kappa shape index (κ3) is 6.39. The summed E-state index contributed by atoms with van der Waals surface area (Å²) >= 11 is 0. The Kier molecular flexibility index (Phi) is 7.91. The first-order valence-electron chi connectivity index (χ1n) is 7.11. The lowest BCUT2D eigenvalue weighted by molar-refractivity contribution is 0.0318. The summed E-state index contributed by atoms with van der Waals surface area (Å²) in [5, 5.41) is 0. The van der Waals surface area contributed by atoms with Crippen molar-refractivity contribution in [2.75, 3.05) is 19.8 Å². The van der Waals surface area contributed by atoms with Crippen LogP contribution < -0.4 is 0 Å². The van der Waals surface area contributed by atoms with Crippen molar-refractivity contribution in [1.82, 2.24) is 0 Å². The molecule has 3 heteroatoms. The van der Waals surface area contributed by atoms with E-state index in [-0.39, 0.29) is 5.97 Å². The van der Waals surface area contributed by atoms with Crippen LogP contribution in [0.1, 0.15) is 49.0 Å². The Labute approximate surface area is 115 Å².